The molecule has 10 N–H and O–H groups in total. The van der Waals surface area contributed by atoms with Crippen molar-refractivity contribution in [2.45, 2.75) is 194 Å². The molecule has 4 aromatic carbocycles. The van der Waals surface area contributed by atoms with Crippen LogP contribution in [0.2, 0.25) is 0 Å². The number of carboxylic acids is 2. The van der Waals surface area contributed by atoms with E-state index in [0.717, 1.165) is 5.56 Å². The SMILES string of the molecule is CCOC(=O)c1cnn2ccc(N[C@H](C)c3cc(F)cc4c3O[C@](C)(CN=[N+]=[N-])C4)nc12.CCOC(=O)c1cnn2ccc(N[C@H](C)c3cc(F)cc4c3O[C@](C)(CNC(=O)OC(C)(C)C)C4)nc12.C[C@@H](Nc1ccn2ncc(C(=O)O)c2n1)c1cc(F)cc2c1O[C@](C)(CN)C2.C[C@@H](Nc1ccn2ncc(C(=O)O)c2n1)c1cc(F)cc2c1O[C@](C)(CNC(=O)OC(C)(C)C)C2. The van der Waals surface area contributed by atoms with E-state index in [1.165, 1.54) is 91.4 Å². The molecule has 42 heteroatoms. The number of esters is 2. The van der Waals surface area contributed by atoms with Crippen LogP contribution < -0.4 is 56.6 Å². The number of rotatable bonds is 25. The Morgan fingerprint density at radius 2 is 0.742 bits per heavy atom. The van der Waals surface area contributed by atoms with Gasteiger partial charge in [0.1, 0.15) is 125 Å². The van der Waals surface area contributed by atoms with Crippen molar-refractivity contribution >= 4 is 81.9 Å². The molecule has 132 heavy (non-hydrogen) atoms. The van der Waals surface area contributed by atoms with Gasteiger partial charge >= 0.3 is 36.1 Å². The highest BCUT2D eigenvalue weighted by Gasteiger charge is 2.43. The number of alkyl carbamates (subject to hydrolysis) is 2. The van der Waals surface area contributed by atoms with Crippen LogP contribution in [0.5, 0.6) is 23.0 Å². The van der Waals surface area contributed by atoms with Crippen molar-refractivity contribution in [2.75, 3.05) is 60.7 Å². The Bertz CT molecular complexity index is 6490. The molecular formula is C90H102F4N22O16. The van der Waals surface area contributed by atoms with Crippen molar-refractivity contribution in [3.05, 3.63) is 223 Å². The van der Waals surface area contributed by atoms with Crippen LogP contribution in [0.25, 0.3) is 33.0 Å². The van der Waals surface area contributed by atoms with Gasteiger partial charge in [0.25, 0.3) is 0 Å². The number of anilines is 4. The molecule has 8 atom stereocenters. The number of carbonyl (C=O) groups excluding carboxylic acids is 4. The van der Waals surface area contributed by atoms with Crippen molar-refractivity contribution in [3.8, 4) is 23.0 Å². The average Bonchev–Trinajstić information content (AvgIpc) is 1.62. The molecule has 38 nitrogen and oxygen atoms in total. The molecule has 0 aliphatic carbocycles. The Hall–Kier alpha value is -14.8. The van der Waals surface area contributed by atoms with Crippen molar-refractivity contribution in [1.82, 2.24) is 69.0 Å². The highest BCUT2D eigenvalue weighted by molar-refractivity contribution is 5.97. The van der Waals surface area contributed by atoms with Gasteiger partial charge in [-0.25, -0.2) is 84.3 Å². The fourth-order valence-corrected chi connectivity index (χ4v) is 15.5. The fraction of sp³-hybridized carbons (Fsp3) is 0.400. The third-order valence-electron chi connectivity index (χ3n) is 21.5. The van der Waals surface area contributed by atoms with Crippen LogP contribution >= 0.6 is 0 Å². The molecule has 4 aliphatic rings. The van der Waals surface area contributed by atoms with E-state index in [2.05, 4.69) is 82.3 Å². The smallest absolute Gasteiger partial charge is 0.407 e. The lowest BCUT2D eigenvalue weighted by atomic mass is 9.97. The minimum atomic E-state index is -1.13. The summed E-state index contributed by atoms with van der Waals surface area (Å²) in [5, 5.41) is 56.8. The molecule has 0 unspecified atom stereocenters. The Kier molecular flexibility index (Phi) is 27.3. The molecule has 0 saturated carbocycles. The summed E-state index contributed by atoms with van der Waals surface area (Å²) in [6, 6.07) is 16.7. The zero-order valence-corrected chi connectivity index (χ0v) is 75.3. The molecule has 0 saturated heterocycles. The molecule has 0 fully saturated rings. The largest absolute Gasteiger partial charge is 0.486 e. The minimum Gasteiger partial charge on any atom is -0.486 e. The summed E-state index contributed by atoms with van der Waals surface area (Å²) in [6.07, 6.45) is 12.5. The first kappa shape index (κ1) is 94.8. The number of nitrogens with two attached hydrogens (primary N) is 1. The summed E-state index contributed by atoms with van der Waals surface area (Å²) >= 11 is 0. The van der Waals surface area contributed by atoms with E-state index in [4.69, 9.17) is 49.2 Å². The number of aromatic carboxylic acids is 2. The highest BCUT2D eigenvalue weighted by Crippen LogP contribution is 2.47. The van der Waals surface area contributed by atoms with Gasteiger partial charge < -0.3 is 85.7 Å². The number of benzene rings is 4. The number of halogens is 4. The number of aromatic nitrogens is 12. The van der Waals surface area contributed by atoms with Gasteiger partial charge in [0.15, 0.2) is 22.6 Å². The van der Waals surface area contributed by atoms with Gasteiger partial charge in [-0.2, -0.15) is 20.4 Å². The second kappa shape index (κ2) is 38.1. The molecule has 8 aromatic heterocycles. The summed E-state index contributed by atoms with van der Waals surface area (Å²) in [5.41, 5.74) is 17.3. The number of hydrogen-bond acceptors (Lipinski definition) is 28. The number of nitrogens with one attached hydrogen (secondary N) is 6. The predicted octanol–water partition coefficient (Wildman–Crippen LogP) is 15.0. The lowest BCUT2D eigenvalue weighted by Crippen LogP contribution is -2.45. The topological polar surface area (TPSA) is 484 Å². The maximum atomic E-state index is 14.6. The highest BCUT2D eigenvalue weighted by atomic mass is 19.1. The molecule has 12 aromatic rings. The Morgan fingerprint density at radius 3 is 1.02 bits per heavy atom. The van der Waals surface area contributed by atoms with Gasteiger partial charge in [-0.15, -0.1) is 0 Å². The van der Waals surface area contributed by atoms with E-state index < -0.39 is 87.6 Å². The second-order valence-corrected chi connectivity index (χ2v) is 35.2. The van der Waals surface area contributed by atoms with E-state index in [-0.39, 0.29) is 95.9 Å². The van der Waals surface area contributed by atoms with Crippen LogP contribution in [0.4, 0.5) is 50.4 Å². The van der Waals surface area contributed by atoms with Crippen LogP contribution in [-0.4, -0.2) is 178 Å². The second-order valence-electron chi connectivity index (χ2n) is 35.2. The zero-order chi connectivity index (χ0) is 95.4. The third kappa shape index (κ3) is 22.0. The summed E-state index contributed by atoms with van der Waals surface area (Å²) in [5.74, 6) is -0.687. The normalized spacial score (nSPS) is 18.1. The molecular weight excluding hydrogens is 1720 g/mol. The molecule has 2 amide bonds. The predicted molar refractivity (Wildman–Crippen MR) is 474 cm³/mol. The van der Waals surface area contributed by atoms with Crippen molar-refractivity contribution in [2.24, 2.45) is 10.8 Å². The fourth-order valence-electron chi connectivity index (χ4n) is 15.5. The average molecular weight is 1820 g/mol. The number of amides is 2. The Balaban J connectivity index is 0.000000150. The van der Waals surface area contributed by atoms with E-state index in [0.29, 0.717) is 129 Å². The monoisotopic (exact) mass is 1820 g/mol. The quantitative estimate of drug-likeness (QED) is 0.00641. The molecule has 12 heterocycles. The molecule has 4 aliphatic heterocycles. The van der Waals surface area contributed by atoms with Gasteiger partial charge in [-0.1, -0.05) is 5.11 Å². The standard InChI is InChI=1S/C26H32FN5O5.C24H28FN5O5.C21H22FN7O3.C19H20FN5O3/c1-7-35-23(33)19-13-29-32-9-8-20(31-22(19)32)30-15(2)18-11-17(27)10-16-12-26(6,36-21(16)18)14-28-24(34)37-25(3,4)5;1-13(28-18-6-7-30-20(29-18)17(11-27-30)21(31)32)16-9-15(25)8-14-10-24(5,34-19(14)16)12-26-22(33)35-23(2,3)4;1-4-31-20(30)16-10-25-29-6-5-17(27-19(16)29)26-12(2)15-8-14(22)7-13-9-21(3,11-24-28-23)32-18(13)15;1-10(13-6-12(20)5-11-7-19(2,9-21)28-16(11)13)23-15-3-4-25-17(24-15)14(8-22-25)18(26)27/h8-11,13,15H,7,12,14H2,1-6H3,(H,28,34)(H,30,31);6-9,11,13H,10,12H2,1-5H3,(H,26,33)(H,28,29)(H,31,32);5-8,10,12H,4,9,11H2,1-3H3,(H,26,27);3-6,8,10H,7,9,21H2,1-2H3,(H,23,24)(H,26,27)/t15-,26+;13-,24+;12-,21+;10-,19+/m1111/s1. The van der Waals surface area contributed by atoms with E-state index in [1.54, 1.807) is 104 Å². The Labute approximate surface area is 753 Å². The van der Waals surface area contributed by atoms with Crippen molar-refractivity contribution in [1.29, 1.82) is 0 Å². The van der Waals surface area contributed by atoms with Crippen LogP contribution in [0.1, 0.15) is 221 Å². The van der Waals surface area contributed by atoms with Gasteiger partial charge in [-0.3, -0.25) is 0 Å². The van der Waals surface area contributed by atoms with E-state index in [9.17, 15) is 56.5 Å². The van der Waals surface area contributed by atoms with Gasteiger partial charge in [0.05, 0.1) is 81.8 Å². The van der Waals surface area contributed by atoms with Crippen LogP contribution in [0.3, 0.4) is 0 Å². The lowest BCUT2D eigenvalue weighted by molar-refractivity contribution is 0.0441. The maximum Gasteiger partial charge on any atom is 0.407 e. The molecule has 0 radical (unpaired) electrons. The number of carbonyl (C=O) groups is 6. The first-order chi connectivity index (χ1) is 62.3. The summed E-state index contributed by atoms with van der Waals surface area (Å²) < 4.78 is 109. The third-order valence-corrected chi connectivity index (χ3v) is 21.5. The lowest BCUT2D eigenvalue weighted by Gasteiger charge is -2.27. The summed E-state index contributed by atoms with van der Waals surface area (Å²) in [6.45, 7) is 30.3. The van der Waals surface area contributed by atoms with Crippen LogP contribution in [0, 0.1) is 23.3 Å². The summed E-state index contributed by atoms with van der Waals surface area (Å²) in [4.78, 5) is 91.8. The number of ether oxygens (including phenoxy) is 8. The number of fused-ring (bicyclic) bond motifs is 8. The minimum absolute atomic E-state index is 0.00463. The van der Waals surface area contributed by atoms with Crippen molar-refractivity contribution < 1.29 is 94.4 Å². The molecule has 0 bridgehead atoms. The van der Waals surface area contributed by atoms with E-state index in [1.807, 2.05) is 55.4 Å². The molecule has 0 spiro atoms. The van der Waals surface area contributed by atoms with Gasteiger partial charge in [0, 0.05) is 106 Å². The first-order valence-corrected chi connectivity index (χ1v) is 42.3. The maximum absolute atomic E-state index is 14.6. The Morgan fingerprint density at radius 1 is 0.470 bits per heavy atom. The number of nitrogens with zero attached hydrogens (tertiary/aromatic N) is 15. The first-order valence-electron chi connectivity index (χ1n) is 42.3. The van der Waals surface area contributed by atoms with E-state index >= 15 is 0 Å². The zero-order valence-electron chi connectivity index (χ0n) is 75.3. The summed E-state index contributed by atoms with van der Waals surface area (Å²) in [7, 11) is 0. The number of azide groups is 1. The van der Waals surface area contributed by atoms with Crippen molar-refractivity contribution in [3.63, 3.8) is 0 Å². The van der Waals surface area contributed by atoms with Crippen LogP contribution in [-0.2, 0) is 44.6 Å². The van der Waals surface area contributed by atoms with Gasteiger partial charge in [-0.05, 0) is 189 Å². The number of hydrogen-bond donors (Lipinski definition) is 9. The molecule has 16 rings (SSSR count). The molecule has 696 valence electrons. The van der Waals surface area contributed by atoms with Crippen LogP contribution in [0.15, 0.2) is 127 Å². The van der Waals surface area contributed by atoms with Gasteiger partial charge in [0.2, 0.25) is 0 Å². The number of carboxylic acid groups (broad SMARTS) is 2.